The zero-order valence-electron chi connectivity index (χ0n) is 11.7. The third-order valence-electron chi connectivity index (χ3n) is 2.53. The van der Waals surface area contributed by atoms with Crippen molar-refractivity contribution in [3.63, 3.8) is 0 Å². The van der Waals surface area contributed by atoms with E-state index < -0.39 is 0 Å². The topological polar surface area (TPSA) is 27.7 Å². The Morgan fingerprint density at radius 2 is 1.12 bits per heavy atom. The maximum atomic E-state index is 5.44. The van der Waals surface area contributed by atoms with Crippen LogP contribution in [0, 0.1) is 0 Å². The van der Waals surface area contributed by atoms with Gasteiger partial charge in [-0.15, -0.1) is 0 Å². The quantitative estimate of drug-likeness (QED) is 0.614. The minimum atomic E-state index is 0.778. The number of hydrogen-bond donors (Lipinski definition) is 0. The molecule has 104 valence electrons. The number of unbranched alkanes of at least 4 members (excludes halogenated alkanes) is 4. The maximum absolute atomic E-state index is 5.44. The van der Waals surface area contributed by atoms with Crippen LogP contribution in [0.3, 0.4) is 0 Å². The summed E-state index contributed by atoms with van der Waals surface area (Å²) in [5, 5.41) is 0. The van der Waals surface area contributed by atoms with Gasteiger partial charge in [-0.1, -0.05) is 39.5 Å². The monoisotopic (exact) mass is 246 g/mol. The van der Waals surface area contributed by atoms with Crippen molar-refractivity contribution in [2.75, 3.05) is 39.6 Å². The van der Waals surface area contributed by atoms with Crippen molar-refractivity contribution >= 4 is 0 Å². The number of rotatable bonds is 8. The van der Waals surface area contributed by atoms with E-state index >= 15 is 0 Å². The van der Waals surface area contributed by atoms with Crippen LogP contribution in [0.15, 0.2) is 0 Å². The van der Waals surface area contributed by atoms with Crippen LogP contribution in [0.4, 0.5) is 0 Å². The minimum Gasteiger partial charge on any atom is -0.381 e. The van der Waals surface area contributed by atoms with Crippen molar-refractivity contribution in [2.24, 2.45) is 0 Å². The van der Waals surface area contributed by atoms with E-state index in [4.69, 9.17) is 14.2 Å². The normalized spacial score (nSPS) is 15.2. The lowest BCUT2D eigenvalue weighted by molar-refractivity contribution is -0.0334. The van der Waals surface area contributed by atoms with Gasteiger partial charge in [0, 0.05) is 13.2 Å². The van der Waals surface area contributed by atoms with Gasteiger partial charge in [-0.3, -0.25) is 0 Å². The molecular weight excluding hydrogens is 216 g/mol. The van der Waals surface area contributed by atoms with Crippen LogP contribution in [-0.2, 0) is 14.2 Å². The van der Waals surface area contributed by atoms with Crippen LogP contribution in [0.2, 0.25) is 0 Å². The summed E-state index contributed by atoms with van der Waals surface area (Å²) in [7, 11) is 0. The SMILES string of the molecule is C1COCCO1.CCCCCOCCCCC. The predicted molar refractivity (Wildman–Crippen MR) is 71.5 cm³/mol. The van der Waals surface area contributed by atoms with Gasteiger partial charge >= 0.3 is 0 Å². The summed E-state index contributed by atoms with van der Waals surface area (Å²) in [6.45, 7) is 9.49. The highest BCUT2D eigenvalue weighted by atomic mass is 16.6. The standard InChI is InChI=1S/C10H22O.C4H8O2/c1-3-5-7-9-11-10-8-6-4-2;1-2-6-4-3-5-1/h3-10H2,1-2H3;1-4H2. The van der Waals surface area contributed by atoms with Gasteiger partial charge in [0.2, 0.25) is 0 Å². The third-order valence-corrected chi connectivity index (χ3v) is 2.53. The fourth-order valence-corrected chi connectivity index (χ4v) is 1.45. The summed E-state index contributed by atoms with van der Waals surface area (Å²) in [6.07, 6.45) is 7.68. The van der Waals surface area contributed by atoms with Gasteiger partial charge in [0.25, 0.3) is 0 Å². The number of ether oxygens (including phenoxy) is 3. The lowest BCUT2D eigenvalue weighted by atomic mass is 10.2. The zero-order chi connectivity index (χ0) is 12.6. The van der Waals surface area contributed by atoms with Gasteiger partial charge < -0.3 is 14.2 Å². The first-order valence-electron chi connectivity index (χ1n) is 7.15. The summed E-state index contributed by atoms with van der Waals surface area (Å²) in [6, 6.07) is 0. The molecule has 17 heavy (non-hydrogen) atoms. The molecule has 0 aromatic rings. The summed E-state index contributed by atoms with van der Waals surface area (Å²) in [4.78, 5) is 0. The Balaban J connectivity index is 0.000000354. The maximum Gasteiger partial charge on any atom is 0.0701 e. The third kappa shape index (κ3) is 15.9. The Bertz CT molecular complexity index is 105. The molecule has 3 nitrogen and oxygen atoms in total. The van der Waals surface area contributed by atoms with Crippen molar-refractivity contribution in [3.05, 3.63) is 0 Å². The Labute approximate surface area is 107 Å². The summed E-state index contributed by atoms with van der Waals surface area (Å²) >= 11 is 0. The fraction of sp³-hybridized carbons (Fsp3) is 1.00. The van der Waals surface area contributed by atoms with Gasteiger partial charge in [0.05, 0.1) is 26.4 Å². The van der Waals surface area contributed by atoms with E-state index in [-0.39, 0.29) is 0 Å². The van der Waals surface area contributed by atoms with Gasteiger partial charge in [0.1, 0.15) is 0 Å². The molecule has 0 atom stereocenters. The second-order valence-electron chi connectivity index (χ2n) is 4.25. The molecule has 0 unspecified atom stereocenters. The molecule has 1 rings (SSSR count). The number of hydrogen-bond acceptors (Lipinski definition) is 3. The molecule has 0 bridgehead atoms. The molecule has 1 aliphatic heterocycles. The van der Waals surface area contributed by atoms with Crippen molar-refractivity contribution in [1.29, 1.82) is 0 Å². The first-order chi connectivity index (χ1) is 8.41. The van der Waals surface area contributed by atoms with Crippen molar-refractivity contribution in [1.82, 2.24) is 0 Å². The summed E-state index contributed by atoms with van der Waals surface area (Å²) in [5.74, 6) is 0. The summed E-state index contributed by atoms with van der Waals surface area (Å²) in [5.41, 5.74) is 0. The molecule has 0 N–H and O–H groups in total. The molecule has 0 amide bonds. The second kappa shape index (κ2) is 15.9. The zero-order valence-corrected chi connectivity index (χ0v) is 11.7. The lowest BCUT2D eigenvalue weighted by Crippen LogP contribution is -2.16. The first kappa shape index (κ1) is 16.9. The van der Waals surface area contributed by atoms with Crippen molar-refractivity contribution in [2.45, 2.75) is 52.4 Å². The van der Waals surface area contributed by atoms with Gasteiger partial charge in [-0.2, -0.15) is 0 Å². The van der Waals surface area contributed by atoms with E-state index in [1.165, 1.54) is 38.5 Å². The van der Waals surface area contributed by atoms with Crippen molar-refractivity contribution < 1.29 is 14.2 Å². The fourth-order valence-electron chi connectivity index (χ4n) is 1.45. The molecule has 1 aliphatic rings. The molecule has 1 heterocycles. The van der Waals surface area contributed by atoms with E-state index in [9.17, 15) is 0 Å². The molecule has 0 aromatic heterocycles. The first-order valence-corrected chi connectivity index (χ1v) is 7.15. The molecule has 1 saturated heterocycles. The van der Waals surface area contributed by atoms with Crippen LogP contribution in [0.25, 0.3) is 0 Å². The highest BCUT2D eigenvalue weighted by molar-refractivity contribution is 4.39. The Kier molecular flexibility index (Phi) is 15.8. The molecule has 3 heteroatoms. The molecule has 0 saturated carbocycles. The smallest absolute Gasteiger partial charge is 0.0701 e. The van der Waals surface area contributed by atoms with Crippen LogP contribution < -0.4 is 0 Å². The highest BCUT2D eigenvalue weighted by Crippen LogP contribution is 1.97. The van der Waals surface area contributed by atoms with Gasteiger partial charge in [0.15, 0.2) is 0 Å². The van der Waals surface area contributed by atoms with Crippen LogP contribution >= 0.6 is 0 Å². The van der Waals surface area contributed by atoms with Crippen LogP contribution in [0.1, 0.15) is 52.4 Å². The second-order valence-corrected chi connectivity index (χ2v) is 4.25. The summed E-state index contributed by atoms with van der Waals surface area (Å²) < 4.78 is 15.3. The van der Waals surface area contributed by atoms with Crippen molar-refractivity contribution in [3.8, 4) is 0 Å². The molecule has 1 fully saturated rings. The lowest BCUT2D eigenvalue weighted by Gasteiger charge is -2.09. The Morgan fingerprint density at radius 3 is 1.41 bits per heavy atom. The largest absolute Gasteiger partial charge is 0.381 e. The minimum absolute atomic E-state index is 0.778. The van der Waals surface area contributed by atoms with Gasteiger partial charge in [-0.25, -0.2) is 0 Å². The van der Waals surface area contributed by atoms with E-state index in [0.29, 0.717) is 0 Å². The molecule has 0 spiro atoms. The molecular formula is C14H30O3. The van der Waals surface area contributed by atoms with E-state index in [2.05, 4.69) is 13.8 Å². The van der Waals surface area contributed by atoms with E-state index in [1.54, 1.807) is 0 Å². The molecule has 0 aromatic carbocycles. The average Bonchev–Trinajstić information content (AvgIpc) is 2.41. The van der Waals surface area contributed by atoms with Crippen LogP contribution in [0.5, 0.6) is 0 Å². The van der Waals surface area contributed by atoms with E-state index in [1.807, 2.05) is 0 Å². The van der Waals surface area contributed by atoms with E-state index in [0.717, 1.165) is 39.6 Å². The molecule has 0 aliphatic carbocycles. The average molecular weight is 246 g/mol. The predicted octanol–water partition coefficient (Wildman–Crippen LogP) is 3.42. The molecule has 0 radical (unpaired) electrons. The highest BCUT2D eigenvalue weighted by Gasteiger charge is 1.94. The van der Waals surface area contributed by atoms with Crippen LogP contribution in [-0.4, -0.2) is 39.6 Å². The Morgan fingerprint density at radius 1 is 0.706 bits per heavy atom. The Hall–Kier alpha value is -0.120. The van der Waals surface area contributed by atoms with Gasteiger partial charge in [-0.05, 0) is 12.8 Å².